The minimum atomic E-state index is -1.99. The number of nitrogens with one attached hydrogen (secondary N) is 1. The quantitative estimate of drug-likeness (QED) is 0.266. The summed E-state index contributed by atoms with van der Waals surface area (Å²) in [5.41, 5.74) is 3.09. The Morgan fingerprint density at radius 2 is 1.78 bits per heavy atom. The van der Waals surface area contributed by atoms with Crippen LogP contribution in [0.25, 0.3) is 0 Å². The Kier molecular flexibility index (Phi) is 9.15. The summed E-state index contributed by atoms with van der Waals surface area (Å²) in [6.07, 6.45) is 5.73. The highest BCUT2D eigenvalue weighted by Gasteiger charge is 2.14. The van der Waals surface area contributed by atoms with Gasteiger partial charge in [0.1, 0.15) is 5.75 Å². The third-order valence-electron chi connectivity index (χ3n) is 5.68. The molecular weight excluding hydrogens is 496 g/mol. The topological polar surface area (TPSA) is 73.2 Å². The smallest absolute Gasteiger partial charge is 0.232 e. The normalized spacial score (nSPS) is 11.7. The molecule has 1 atom stereocenters. The molecule has 0 fully saturated rings. The Hall–Kier alpha value is -3.85. The minimum Gasteiger partial charge on any atom is -0.493 e. The highest BCUT2D eigenvalue weighted by molar-refractivity contribution is 7.83. The van der Waals surface area contributed by atoms with E-state index >= 15 is 0 Å². The molecule has 0 aliphatic carbocycles. The molecule has 0 bridgehead atoms. The van der Waals surface area contributed by atoms with E-state index in [2.05, 4.69) is 22.0 Å². The molecule has 0 radical (unpaired) electrons. The zero-order valence-electron chi connectivity index (χ0n) is 20.1. The molecule has 6 nitrogen and oxygen atoms in total. The predicted molar refractivity (Wildman–Crippen MR) is 137 cm³/mol. The Labute approximate surface area is 216 Å². The number of rotatable bonds is 12. The molecule has 1 aromatic heterocycles. The summed E-state index contributed by atoms with van der Waals surface area (Å²) in [6, 6.07) is 20.7. The van der Waals surface area contributed by atoms with Gasteiger partial charge in [0.25, 0.3) is 0 Å². The molecule has 0 aliphatic rings. The first kappa shape index (κ1) is 26.2. The van der Waals surface area contributed by atoms with E-state index in [1.165, 1.54) is 11.6 Å². The van der Waals surface area contributed by atoms with Gasteiger partial charge in [-0.05, 0) is 66.3 Å². The summed E-state index contributed by atoms with van der Waals surface area (Å²) < 4.78 is 49.2. The molecule has 4 aromatic rings. The van der Waals surface area contributed by atoms with Crippen LogP contribution in [0.15, 0.2) is 90.1 Å². The van der Waals surface area contributed by atoms with Crippen LogP contribution in [-0.4, -0.2) is 26.5 Å². The van der Waals surface area contributed by atoms with Crippen LogP contribution in [-0.2, 0) is 35.2 Å². The number of aryl methyl sites for hydroxylation is 2. The van der Waals surface area contributed by atoms with E-state index in [-0.39, 0.29) is 11.3 Å². The summed E-state index contributed by atoms with van der Waals surface area (Å²) in [7, 11) is -1.99. The summed E-state index contributed by atoms with van der Waals surface area (Å²) in [6.45, 7) is 1.10. The first-order valence-corrected chi connectivity index (χ1v) is 13.0. The van der Waals surface area contributed by atoms with Crippen LogP contribution in [0.3, 0.4) is 0 Å². The number of ether oxygens (including phenoxy) is 1. The van der Waals surface area contributed by atoms with E-state index < -0.39 is 28.5 Å². The van der Waals surface area contributed by atoms with Gasteiger partial charge in [-0.1, -0.05) is 42.5 Å². The van der Waals surface area contributed by atoms with Crippen molar-refractivity contribution >= 4 is 16.9 Å². The van der Waals surface area contributed by atoms with Gasteiger partial charge in [-0.25, -0.2) is 13.0 Å². The number of halogens is 2. The zero-order valence-corrected chi connectivity index (χ0v) is 20.9. The van der Waals surface area contributed by atoms with E-state index in [4.69, 9.17) is 4.74 Å². The molecule has 1 unspecified atom stereocenters. The molecule has 37 heavy (non-hydrogen) atoms. The second kappa shape index (κ2) is 12.9. The number of benzene rings is 3. The molecule has 1 amide bonds. The molecule has 1 heterocycles. The first-order valence-electron chi connectivity index (χ1n) is 11.9. The number of hydrogen-bond acceptors (Lipinski definition) is 4. The molecule has 0 saturated carbocycles. The SMILES string of the molecule is O=C(CCc1ccc(Cn2cccn2)cc1OCCCc1ccccc1)NS(=O)c1ccc(F)c(F)c1. The van der Waals surface area contributed by atoms with Crippen molar-refractivity contribution in [3.63, 3.8) is 0 Å². The van der Waals surface area contributed by atoms with Crippen molar-refractivity contribution in [3.05, 3.63) is 114 Å². The lowest BCUT2D eigenvalue weighted by Gasteiger charge is -2.14. The third-order valence-corrected chi connectivity index (χ3v) is 6.77. The molecule has 192 valence electrons. The van der Waals surface area contributed by atoms with Gasteiger partial charge in [0, 0.05) is 18.8 Å². The molecule has 0 aliphatic heterocycles. The van der Waals surface area contributed by atoms with Crippen LogP contribution >= 0.6 is 0 Å². The molecule has 0 saturated heterocycles. The predicted octanol–water partition coefficient (Wildman–Crippen LogP) is 4.99. The van der Waals surface area contributed by atoms with E-state index in [1.54, 1.807) is 6.20 Å². The third kappa shape index (κ3) is 7.82. The van der Waals surface area contributed by atoms with Crippen molar-refractivity contribution < 1.29 is 22.5 Å². The molecule has 1 N–H and O–H groups in total. The van der Waals surface area contributed by atoms with Gasteiger partial charge in [-0.2, -0.15) is 5.10 Å². The van der Waals surface area contributed by atoms with Crippen molar-refractivity contribution in [2.24, 2.45) is 0 Å². The van der Waals surface area contributed by atoms with Gasteiger partial charge < -0.3 is 4.74 Å². The second-order valence-corrected chi connectivity index (χ2v) is 9.67. The lowest BCUT2D eigenvalue weighted by Crippen LogP contribution is -2.26. The van der Waals surface area contributed by atoms with E-state index in [0.29, 0.717) is 25.3 Å². The van der Waals surface area contributed by atoms with Gasteiger partial charge in [0.2, 0.25) is 5.91 Å². The van der Waals surface area contributed by atoms with Gasteiger partial charge in [-0.15, -0.1) is 0 Å². The highest BCUT2D eigenvalue weighted by Crippen LogP contribution is 2.23. The maximum absolute atomic E-state index is 13.4. The average molecular weight is 524 g/mol. The van der Waals surface area contributed by atoms with Crippen molar-refractivity contribution in [3.8, 4) is 5.75 Å². The number of carbonyl (C=O) groups is 1. The van der Waals surface area contributed by atoms with E-state index in [9.17, 15) is 17.8 Å². The largest absolute Gasteiger partial charge is 0.493 e. The van der Waals surface area contributed by atoms with Gasteiger partial charge in [0.05, 0.1) is 18.0 Å². The van der Waals surface area contributed by atoms with Crippen molar-refractivity contribution in [2.75, 3.05) is 6.61 Å². The van der Waals surface area contributed by atoms with Crippen LogP contribution < -0.4 is 9.46 Å². The van der Waals surface area contributed by atoms with Gasteiger partial charge in [0.15, 0.2) is 22.6 Å². The number of nitrogens with zero attached hydrogens (tertiary/aromatic N) is 2. The van der Waals surface area contributed by atoms with Crippen LogP contribution in [0.1, 0.15) is 29.5 Å². The number of aromatic nitrogens is 2. The summed E-state index contributed by atoms with van der Waals surface area (Å²) in [5.74, 6) is -1.95. The van der Waals surface area contributed by atoms with Crippen molar-refractivity contribution in [1.82, 2.24) is 14.5 Å². The molecule has 0 spiro atoms. The lowest BCUT2D eigenvalue weighted by atomic mass is 10.1. The molecule has 3 aromatic carbocycles. The standard InChI is InChI=1S/C28H27F2N3O3S/c29-25-13-12-24(19-26(25)30)37(35)32-28(34)14-11-23-10-9-22(20-33-16-5-15-31-33)18-27(23)36-17-4-8-21-6-2-1-3-7-21/h1-3,5-7,9-10,12-13,15-16,18-19H,4,8,11,14,17,20H2,(H,32,34). The first-order chi connectivity index (χ1) is 18.0. The van der Waals surface area contributed by atoms with Crippen LogP contribution in [0.5, 0.6) is 5.75 Å². The molecular formula is C28H27F2N3O3S. The van der Waals surface area contributed by atoms with Crippen LogP contribution in [0.4, 0.5) is 8.78 Å². The fourth-order valence-electron chi connectivity index (χ4n) is 3.78. The van der Waals surface area contributed by atoms with Crippen LogP contribution in [0.2, 0.25) is 0 Å². The maximum atomic E-state index is 13.4. The van der Waals surface area contributed by atoms with Gasteiger partial charge >= 0.3 is 0 Å². The summed E-state index contributed by atoms with van der Waals surface area (Å²) >= 11 is 0. The molecule has 9 heteroatoms. The number of hydrogen-bond donors (Lipinski definition) is 1. The molecule has 4 rings (SSSR count). The Balaban J connectivity index is 1.37. The fraction of sp³-hybridized carbons (Fsp3) is 0.214. The van der Waals surface area contributed by atoms with Gasteiger partial charge in [-0.3, -0.25) is 14.2 Å². The summed E-state index contributed by atoms with van der Waals surface area (Å²) in [4.78, 5) is 12.4. The average Bonchev–Trinajstić information content (AvgIpc) is 3.41. The Morgan fingerprint density at radius 1 is 0.946 bits per heavy atom. The van der Waals surface area contributed by atoms with E-state index in [1.807, 2.05) is 53.3 Å². The van der Waals surface area contributed by atoms with Crippen LogP contribution in [0, 0.1) is 11.6 Å². The fourth-order valence-corrected chi connectivity index (χ4v) is 4.60. The maximum Gasteiger partial charge on any atom is 0.232 e. The summed E-state index contributed by atoms with van der Waals surface area (Å²) in [5, 5.41) is 4.24. The zero-order chi connectivity index (χ0) is 26.0. The van der Waals surface area contributed by atoms with Crippen molar-refractivity contribution in [1.29, 1.82) is 0 Å². The second-order valence-electron chi connectivity index (χ2n) is 8.45. The lowest BCUT2D eigenvalue weighted by molar-refractivity contribution is -0.119. The monoisotopic (exact) mass is 523 g/mol. The van der Waals surface area contributed by atoms with E-state index in [0.717, 1.165) is 36.1 Å². The number of carbonyl (C=O) groups excluding carboxylic acids is 1. The number of amides is 1. The van der Waals surface area contributed by atoms with Crippen molar-refractivity contribution in [2.45, 2.75) is 37.1 Å². The Bertz CT molecular complexity index is 1350. The Morgan fingerprint density at radius 3 is 2.54 bits per heavy atom. The highest BCUT2D eigenvalue weighted by atomic mass is 32.2. The minimum absolute atomic E-state index is 0.0161.